The third-order valence-electron chi connectivity index (χ3n) is 9.59. The van der Waals surface area contributed by atoms with Gasteiger partial charge in [-0.15, -0.1) is 0 Å². The van der Waals surface area contributed by atoms with E-state index in [4.69, 9.17) is 29.3 Å². The lowest BCUT2D eigenvalue weighted by Crippen LogP contribution is -2.46. The molecule has 1 aromatic carbocycles. The third-order valence-corrected chi connectivity index (χ3v) is 14.1. The molecule has 0 aliphatic carbocycles. The zero-order valence-corrected chi connectivity index (χ0v) is 40.9. The minimum Gasteiger partial charge on any atom is -0.388 e. The number of carbonyl (C=O) groups excluding carboxylic acids is 3. The van der Waals surface area contributed by atoms with Crippen LogP contribution in [-0.2, 0) is 55.0 Å². The summed E-state index contributed by atoms with van der Waals surface area (Å²) in [6.45, 7) is -1.41. The lowest BCUT2D eigenvalue weighted by molar-refractivity contribution is -0.137. The minimum absolute atomic E-state index is 0.00411. The Balaban J connectivity index is 1.18. The van der Waals surface area contributed by atoms with E-state index >= 15 is 0 Å². The highest BCUT2D eigenvalue weighted by atomic mass is 32.2. The number of rotatable bonds is 28. The van der Waals surface area contributed by atoms with Crippen LogP contribution in [0.4, 0.5) is 11.5 Å². The molecule has 2 amide bonds. The fourth-order valence-electron chi connectivity index (χ4n) is 6.03. The number of nitrogens with one attached hydrogen (secondary N) is 3. The summed E-state index contributed by atoms with van der Waals surface area (Å²) in [4.78, 5) is 107. The van der Waals surface area contributed by atoms with Crippen molar-refractivity contribution in [2.75, 3.05) is 56.3 Å². The predicted molar refractivity (Wildman–Crippen MR) is 237 cm³/mol. The predicted octanol–water partition coefficient (Wildman–Crippen LogP) is -2.42. The van der Waals surface area contributed by atoms with Crippen LogP contribution < -0.4 is 21.7 Å². The fourth-order valence-corrected chi connectivity index (χ4v) is 9.93. The molecule has 32 nitrogen and oxygen atoms in total. The number of phosphoric acid groups is 4. The number of amides is 2. The lowest BCUT2D eigenvalue weighted by Gasteiger charge is -2.30. The number of thioether (sulfide) groups is 1. The maximum absolute atomic E-state index is 12.9. The summed E-state index contributed by atoms with van der Waals surface area (Å²) in [5.74, 6) is -1.62. The first-order valence-corrected chi connectivity index (χ1v) is 27.1. The van der Waals surface area contributed by atoms with Gasteiger partial charge in [0.15, 0.2) is 17.7 Å². The Labute approximate surface area is 399 Å². The van der Waals surface area contributed by atoms with Gasteiger partial charge in [0, 0.05) is 42.9 Å². The van der Waals surface area contributed by atoms with Crippen molar-refractivity contribution in [1.82, 2.24) is 30.2 Å². The van der Waals surface area contributed by atoms with Crippen LogP contribution in [0.15, 0.2) is 36.9 Å². The molecular formula is C33H52N8O24P4S. The third kappa shape index (κ3) is 17.9. The second kappa shape index (κ2) is 25.0. The van der Waals surface area contributed by atoms with E-state index in [0.29, 0.717) is 0 Å². The first-order chi connectivity index (χ1) is 32.4. The number of ether oxygens (including phenoxy) is 1. The molecule has 16 N–H and O–H groups in total. The number of hydrogen-bond donors (Lipinski definition) is 15. The van der Waals surface area contributed by atoms with Crippen LogP contribution in [0.2, 0.25) is 0 Å². The molecule has 0 saturated carbocycles. The number of fused-ring (bicyclic) bond motifs is 1. The van der Waals surface area contributed by atoms with Crippen molar-refractivity contribution in [1.29, 1.82) is 0 Å². The van der Waals surface area contributed by atoms with Gasteiger partial charge in [-0.1, -0.05) is 37.7 Å². The number of nitrogens with zero attached hydrogens (tertiary/aromatic N) is 4. The van der Waals surface area contributed by atoms with Crippen LogP contribution in [0.25, 0.3) is 11.2 Å². The Hall–Kier alpha value is -3.43. The topological polar surface area (TPSA) is 503 Å². The van der Waals surface area contributed by atoms with Gasteiger partial charge in [-0.25, -0.2) is 33.2 Å². The molecule has 4 rings (SSSR count). The van der Waals surface area contributed by atoms with Crippen LogP contribution in [-0.4, -0.2) is 179 Å². The maximum atomic E-state index is 12.9. The van der Waals surface area contributed by atoms with Gasteiger partial charge in [-0.3, -0.25) is 37.0 Å². The molecule has 37 heteroatoms. The number of para-hydroxylation sites is 1. The van der Waals surface area contributed by atoms with Gasteiger partial charge in [-0.05, 0) is 12.1 Å². The van der Waals surface area contributed by atoms with E-state index in [2.05, 4.69) is 44.3 Å². The van der Waals surface area contributed by atoms with Crippen LogP contribution in [0, 0.1) is 5.41 Å². The molecule has 3 heterocycles. The van der Waals surface area contributed by atoms with Gasteiger partial charge in [0.05, 0.1) is 37.8 Å². The summed E-state index contributed by atoms with van der Waals surface area (Å²) in [5, 5.41) is 58.8. The summed E-state index contributed by atoms with van der Waals surface area (Å²) < 4.78 is 77.2. The highest BCUT2D eigenvalue weighted by Crippen LogP contribution is 2.61. The molecule has 2 aromatic heterocycles. The average molecular weight is 1100 g/mol. The van der Waals surface area contributed by atoms with Gasteiger partial charge >= 0.3 is 31.3 Å². The highest BCUT2D eigenvalue weighted by molar-refractivity contribution is 8.14. The summed E-state index contributed by atoms with van der Waals surface area (Å²) in [7, 11) is -21.5. The Morgan fingerprint density at radius 2 is 1.57 bits per heavy atom. The first-order valence-electron chi connectivity index (χ1n) is 20.0. The zero-order valence-electron chi connectivity index (χ0n) is 36.5. The number of anilines is 2. The standard InChI is InChI=1S/C33H52N8O24P4S/c1-33(2,14-62-69(58,59)65-68(56,57)61-13-21-26(64-67(53,54)55)25(46)31(63-21)41-16-40-23-28(34)38-15-39-29(23)41)27(47)30(48)36-8-7-22(44)35-9-10-70-32(49)17-5-3-4-6-18(17)37-11-19(42)24(45)20(43)12-60-66(50,51)52/h3-6,15-16,19-21,24-27,31,37,42-43,45-47H,7-14H2,1-2H3,(H,35,44)(H,36,48)(H,56,57)(H,58,59)(H2,34,38,39)(H2,50,51,52)(H2,53,54,55). The van der Waals surface area contributed by atoms with Crippen molar-refractivity contribution in [3.63, 3.8) is 0 Å². The number of benzene rings is 1. The quantitative estimate of drug-likeness (QED) is 0.0266. The normalized spacial score (nSPS) is 21.3. The minimum atomic E-state index is -5.63. The molecule has 0 radical (unpaired) electrons. The Kier molecular flexibility index (Phi) is 21.1. The number of hydrogen-bond acceptors (Lipinski definition) is 24. The maximum Gasteiger partial charge on any atom is 0.481 e. The van der Waals surface area contributed by atoms with Crippen molar-refractivity contribution in [2.45, 2.75) is 69.2 Å². The smallest absolute Gasteiger partial charge is 0.388 e. The number of aliphatic hydroxyl groups excluding tert-OH is 5. The van der Waals surface area contributed by atoms with Crippen LogP contribution >= 0.6 is 43.1 Å². The Morgan fingerprint density at radius 3 is 2.24 bits per heavy atom. The number of aromatic nitrogens is 4. The van der Waals surface area contributed by atoms with Crippen molar-refractivity contribution >= 4 is 82.7 Å². The molecule has 10 atom stereocenters. The summed E-state index contributed by atoms with van der Waals surface area (Å²) in [6.07, 6.45) is -12.7. The molecule has 3 aromatic rings. The number of aliphatic hydroxyl groups is 5. The van der Waals surface area contributed by atoms with E-state index in [-0.39, 0.29) is 53.5 Å². The number of imidazole rings is 1. The molecule has 10 unspecified atom stereocenters. The van der Waals surface area contributed by atoms with Crippen LogP contribution in [0.1, 0.15) is 36.9 Å². The van der Waals surface area contributed by atoms with Gasteiger partial charge < -0.3 is 81.3 Å². The zero-order chi connectivity index (χ0) is 52.4. The number of nitrogen functional groups attached to an aromatic ring is 1. The number of carbonyl (C=O) groups is 3. The fraction of sp³-hybridized carbons (Fsp3) is 0.576. The lowest BCUT2D eigenvalue weighted by atomic mass is 9.87. The van der Waals surface area contributed by atoms with E-state index in [1.165, 1.54) is 26.0 Å². The van der Waals surface area contributed by atoms with Crippen molar-refractivity contribution < 1.29 is 115 Å². The van der Waals surface area contributed by atoms with Gasteiger partial charge in [0.2, 0.25) is 16.9 Å². The highest BCUT2D eigenvalue weighted by Gasteiger charge is 2.50. The van der Waals surface area contributed by atoms with Crippen LogP contribution in [0.5, 0.6) is 0 Å². The molecule has 1 saturated heterocycles. The molecular weight excluding hydrogens is 1050 g/mol. The Morgan fingerprint density at radius 1 is 0.900 bits per heavy atom. The molecule has 1 aliphatic heterocycles. The van der Waals surface area contributed by atoms with Crippen molar-refractivity contribution in [3.05, 3.63) is 42.5 Å². The Bertz CT molecular complexity index is 2480. The second-order valence-corrected chi connectivity index (χ2v) is 22.1. The molecule has 0 spiro atoms. The summed E-state index contributed by atoms with van der Waals surface area (Å²) in [6, 6.07) is 6.06. The molecule has 1 fully saturated rings. The molecule has 394 valence electrons. The van der Waals surface area contributed by atoms with E-state index in [0.717, 1.165) is 29.0 Å². The van der Waals surface area contributed by atoms with Gasteiger partial charge in [0.1, 0.15) is 48.5 Å². The number of phosphoric ester groups is 4. The molecule has 70 heavy (non-hydrogen) atoms. The summed E-state index contributed by atoms with van der Waals surface area (Å²) in [5.41, 5.74) is 4.51. The van der Waals surface area contributed by atoms with Gasteiger partial charge in [0.25, 0.3) is 0 Å². The molecule has 1 aliphatic rings. The monoisotopic (exact) mass is 1100 g/mol. The summed E-state index contributed by atoms with van der Waals surface area (Å²) >= 11 is 0.810. The van der Waals surface area contributed by atoms with E-state index in [1.54, 1.807) is 12.1 Å². The van der Waals surface area contributed by atoms with Crippen molar-refractivity contribution in [3.8, 4) is 0 Å². The second-order valence-electron chi connectivity index (χ2n) is 15.5. The SMILES string of the molecule is CC(C)(COP(=O)(O)OP(=O)(O)OCC1OC(n2cnc3c(N)ncnc32)C(O)C1OP(=O)(O)O)C(O)C(=O)NCCC(=O)NCCSC(=O)c1ccccc1NCC(O)C(O)C(O)COP(=O)(O)O. The van der Waals surface area contributed by atoms with Crippen LogP contribution in [0.3, 0.4) is 0 Å². The molecule has 0 bridgehead atoms. The van der Waals surface area contributed by atoms with E-state index < -0.39 is 129 Å². The van der Waals surface area contributed by atoms with E-state index in [1.807, 2.05) is 0 Å². The first kappa shape index (κ1) is 59.1. The largest absolute Gasteiger partial charge is 0.481 e. The van der Waals surface area contributed by atoms with Gasteiger partial charge in [-0.2, -0.15) is 4.31 Å². The van der Waals surface area contributed by atoms with Crippen molar-refractivity contribution in [2.24, 2.45) is 5.41 Å². The average Bonchev–Trinajstić information content (AvgIpc) is 3.83. The van der Waals surface area contributed by atoms with E-state index in [9.17, 15) is 77.8 Å². The number of nitrogens with two attached hydrogens (primary N) is 1.